The van der Waals surface area contributed by atoms with E-state index in [2.05, 4.69) is 14.6 Å². The Balaban J connectivity index is 1.21. The Morgan fingerprint density at radius 1 is 1.03 bits per heavy atom. The van der Waals surface area contributed by atoms with Gasteiger partial charge in [-0.25, -0.2) is 4.72 Å². The second kappa shape index (κ2) is 9.76. The molecule has 4 aromatic rings. The van der Waals surface area contributed by atoms with Crippen LogP contribution in [0, 0.1) is 0 Å². The summed E-state index contributed by atoms with van der Waals surface area (Å²) in [6.07, 6.45) is 1.72. The monoisotopic (exact) mass is 487 g/mol. The van der Waals surface area contributed by atoms with Crippen molar-refractivity contribution >= 4 is 39.2 Å². The lowest BCUT2D eigenvalue weighted by molar-refractivity contribution is 0.0603. The number of carbonyl (C=O) groups is 1. The maximum Gasteiger partial charge on any atom is 0.254 e. The van der Waals surface area contributed by atoms with Gasteiger partial charge in [-0.3, -0.25) is 9.78 Å². The zero-order chi connectivity index (χ0) is 24.4. The Morgan fingerprint density at radius 3 is 2.54 bits per heavy atom. The highest BCUT2D eigenvalue weighted by Gasteiger charge is 2.34. The Bertz CT molecular complexity index is 1380. The van der Waals surface area contributed by atoms with E-state index in [0.717, 1.165) is 28.0 Å². The number of rotatable bonds is 7. The molecule has 2 heterocycles. The number of nitrogens with zero attached hydrogens (tertiary/aromatic N) is 3. The molecule has 1 unspecified atom stereocenters. The molecule has 3 aromatic carbocycles. The molecule has 8 heteroatoms. The summed E-state index contributed by atoms with van der Waals surface area (Å²) in [4.78, 5) is 22.0. The van der Waals surface area contributed by atoms with E-state index in [1.54, 1.807) is 37.6 Å². The van der Waals surface area contributed by atoms with Crippen LogP contribution in [0.2, 0.25) is 0 Å². The van der Waals surface area contributed by atoms with E-state index in [1.165, 1.54) is 0 Å². The fourth-order valence-corrected chi connectivity index (χ4v) is 5.22. The van der Waals surface area contributed by atoms with Gasteiger partial charge in [0.25, 0.3) is 5.91 Å². The molecule has 5 rings (SSSR count). The summed E-state index contributed by atoms with van der Waals surface area (Å²) < 4.78 is 21.5. The average molecular weight is 488 g/mol. The summed E-state index contributed by atoms with van der Waals surface area (Å²) in [5.41, 5.74) is 3.09. The van der Waals surface area contributed by atoms with Gasteiger partial charge in [0.1, 0.15) is 11.4 Å². The third-order valence-electron chi connectivity index (χ3n) is 6.37. The van der Waals surface area contributed by atoms with Crippen LogP contribution in [0.25, 0.3) is 10.9 Å². The first kappa shape index (κ1) is 22.9. The zero-order valence-electron chi connectivity index (χ0n) is 19.6. The molecule has 1 aliphatic heterocycles. The number of methoxy groups -OCH3 is 1. The third kappa shape index (κ3) is 4.57. The molecular formula is C27H27N4O3S+. The number of thiol groups is 1. The quantitative estimate of drug-likeness (QED) is 0.311. The van der Waals surface area contributed by atoms with Crippen molar-refractivity contribution < 1.29 is 13.7 Å². The van der Waals surface area contributed by atoms with E-state index in [1.807, 2.05) is 66.5 Å². The minimum Gasteiger partial charge on any atom is -0.495 e. The molecule has 7 nitrogen and oxygen atoms in total. The van der Waals surface area contributed by atoms with Gasteiger partial charge in [0.2, 0.25) is 0 Å². The first-order valence-corrected chi connectivity index (χ1v) is 12.6. The molecule has 0 saturated carbocycles. The lowest BCUT2D eigenvalue weighted by Crippen LogP contribution is -2.60. The normalized spacial score (nSPS) is 14.3. The number of likely N-dealkylation sites (N-methyl/N-ethyl adjacent to an activating group) is 1. The van der Waals surface area contributed by atoms with Gasteiger partial charge in [-0.15, -0.1) is 0 Å². The summed E-state index contributed by atoms with van der Waals surface area (Å²) in [5.74, 6) is 0.792. The fraction of sp³-hybridized carbons (Fsp3) is 0.185. The molecule has 178 valence electrons. The van der Waals surface area contributed by atoms with E-state index >= 15 is 0 Å². The van der Waals surface area contributed by atoms with Crippen LogP contribution in [-0.4, -0.2) is 49.1 Å². The smallest absolute Gasteiger partial charge is 0.254 e. The number of ether oxygens (including phenoxy) is 1. The van der Waals surface area contributed by atoms with E-state index in [0.29, 0.717) is 23.5 Å². The number of anilines is 2. The maximum atomic E-state index is 13.0. The van der Waals surface area contributed by atoms with E-state index in [4.69, 9.17) is 4.74 Å². The van der Waals surface area contributed by atoms with Crippen molar-refractivity contribution in [3.8, 4) is 5.75 Å². The van der Waals surface area contributed by atoms with Crippen LogP contribution in [-0.2, 0) is 15.2 Å². The molecule has 1 fully saturated rings. The van der Waals surface area contributed by atoms with Crippen LogP contribution in [0.1, 0.15) is 10.4 Å². The van der Waals surface area contributed by atoms with Crippen molar-refractivity contribution in [1.29, 1.82) is 0 Å². The molecule has 35 heavy (non-hydrogen) atoms. The Kier molecular flexibility index (Phi) is 6.37. The molecule has 1 saturated heterocycles. The molecule has 0 bridgehead atoms. The standard InChI is InChI=1S/C27H26N4O3S/c1-30(24-10-3-4-11-25(24)34-2)21-17-31(18-21)27(32)20-12-14-22(15-13-20)35(33)29-23-9-5-7-19-8-6-16-28-26(19)23/h3-16,21H,17-18H2,1-2H3,(H,29,33)/p+1. The van der Waals surface area contributed by atoms with Crippen LogP contribution in [0.4, 0.5) is 11.4 Å². The summed E-state index contributed by atoms with van der Waals surface area (Å²) in [6, 6.07) is 24.7. The van der Waals surface area contributed by atoms with Gasteiger partial charge in [0.15, 0.2) is 15.9 Å². The van der Waals surface area contributed by atoms with Crippen molar-refractivity contribution in [1.82, 2.24) is 9.88 Å². The van der Waals surface area contributed by atoms with Crippen LogP contribution in [0.3, 0.4) is 0 Å². The van der Waals surface area contributed by atoms with Gasteiger partial charge < -0.3 is 14.5 Å². The number of para-hydroxylation sites is 3. The highest BCUT2D eigenvalue weighted by Crippen LogP contribution is 2.31. The van der Waals surface area contributed by atoms with Crippen molar-refractivity contribution in [2.75, 3.05) is 36.9 Å². The predicted octanol–water partition coefficient (Wildman–Crippen LogP) is 4.29. The number of likely N-dealkylation sites (tertiary alicyclic amines) is 1. The number of benzene rings is 3. The van der Waals surface area contributed by atoms with Crippen LogP contribution >= 0.6 is 0 Å². The van der Waals surface area contributed by atoms with E-state index in [9.17, 15) is 9.00 Å². The maximum absolute atomic E-state index is 13.0. The lowest BCUT2D eigenvalue weighted by Gasteiger charge is -2.45. The molecule has 1 N–H and O–H groups in total. The zero-order valence-corrected chi connectivity index (χ0v) is 20.5. The Hall–Kier alpha value is -3.91. The van der Waals surface area contributed by atoms with Gasteiger partial charge in [0.05, 0.1) is 24.4 Å². The predicted molar refractivity (Wildman–Crippen MR) is 141 cm³/mol. The number of fused-ring (bicyclic) bond motifs is 1. The number of carbonyl (C=O) groups excluding carboxylic acids is 1. The number of hydrogen-bond donors (Lipinski definition) is 1. The van der Waals surface area contributed by atoms with Crippen molar-refractivity contribution in [3.05, 3.63) is 90.6 Å². The third-order valence-corrected chi connectivity index (χ3v) is 7.58. The second-order valence-corrected chi connectivity index (χ2v) is 9.81. The Labute approximate surface area is 206 Å². The van der Waals surface area contributed by atoms with Gasteiger partial charge in [-0.2, -0.15) is 0 Å². The molecule has 1 aromatic heterocycles. The molecular weight excluding hydrogens is 460 g/mol. The van der Waals surface area contributed by atoms with Gasteiger partial charge in [0, 0.05) is 37.3 Å². The van der Waals surface area contributed by atoms with Crippen LogP contribution in [0.5, 0.6) is 5.75 Å². The number of aromatic nitrogens is 1. The molecule has 1 aliphatic rings. The highest BCUT2D eigenvalue weighted by atomic mass is 32.2. The first-order valence-electron chi connectivity index (χ1n) is 11.4. The van der Waals surface area contributed by atoms with Crippen LogP contribution in [0.15, 0.2) is 90.0 Å². The minimum atomic E-state index is -1.89. The Morgan fingerprint density at radius 2 is 1.77 bits per heavy atom. The lowest BCUT2D eigenvalue weighted by atomic mass is 10.0. The number of pyridine rings is 1. The van der Waals surface area contributed by atoms with Crippen molar-refractivity contribution in [2.24, 2.45) is 0 Å². The summed E-state index contributed by atoms with van der Waals surface area (Å²) >= 11 is 0. The van der Waals surface area contributed by atoms with Gasteiger partial charge in [-0.1, -0.05) is 34.5 Å². The SMILES string of the molecule is COc1ccccc1N(C)C1CN(C(=O)c2ccc([SH+](=O)Nc3cccc4cccnc34)cc2)C1. The highest BCUT2D eigenvalue weighted by molar-refractivity contribution is 7.86. The molecule has 0 spiro atoms. The average Bonchev–Trinajstić information content (AvgIpc) is 2.88. The van der Waals surface area contributed by atoms with Crippen LogP contribution < -0.4 is 14.4 Å². The largest absolute Gasteiger partial charge is 0.495 e. The molecule has 0 aliphatic carbocycles. The van der Waals surface area contributed by atoms with E-state index in [-0.39, 0.29) is 11.9 Å². The van der Waals surface area contributed by atoms with Gasteiger partial charge in [-0.05, 0) is 48.5 Å². The van der Waals surface area contributed by atoms with Crippen molar-refractivity contribution in [3.63, 3.8) is 0 Å². The summed E-state index contributed by atoms with van der Waals surface area (Å²) in [5, 5.41) is 0.978. The number of hydrogen-bond acceptors (Lipinski definition) is 5. The first-order chi connectivity index (χ1) is 17.0. The fourth-order valence-electron chi connectivity index (χ4n) is 4.27. The molecule has 1 amide bonds. The second-order valence-electron chi connectivity index (χ2n) is 8.48. The van der Waals surface area contributed by atoms with E-state index < -0.39 is 11.0 Å². The molecule has 0 radical (unpaired) electrons. The number of amides is 1. The summed E-state index contributed by atoms with van der Waals surface area (Å²) in [6.45, 7) is 1.28. The minimum absolute atomic E-state index is 0.0253. The summed E-state index contributed by atoms with van der Waals surface area (Å²) in [7, 11) is 1.79. The number of nitrogens with one attached hydrogen (secondary N) is 1. The van der Waals surface area contributed by atoms with Gasteiger partial charge >= 0.3 is 0 Å². The van der Waals surface area contributed by atoms with Crippen molar-refractivity contribution in [2.45, 2.75) is 10.9 Å². The topological polar surface area (TPSA) is 74.8 Å². The molecule has 1 atom stereocenters.